The Balaban J connectivity index is 0.903. The smallest absolute Gasteiger partial charge is 0.132 e. The predicted octanol–water partition coefficient (Wildman–Crippen LogP) is 15.8. The summed E-state index contributed by atoms with van der Waals surface area (Å²) in [5.41, 5.74) is 17.6. The van der Waals surface area contributed by atoms with Crippen LogP contribution in [0.15, 0.2) is 231 Å². The summed E-state index contributed by atoms with van der Waals surface area (Å²) >= 11 is 0. The van der Waals surface area contributed by atoms with Crippen molar-refractivity contribution >= 4 is 65.4 Å². The van der Waals surface area contributed by atoms with Gasteiger partial charge in [-0.15, -0.1) is 0 Å². The molecule has 7 heteroatoms. The van der Waals surface area contributed by atoms with Crippen molar-refractivity contribution in [3.63, 3.8) is 0 Å². The molecule has 1 aliphatic heterocycles. The highest BCUT2D eigenvalue weighted by molar-refractivity contribution is 6.12. The number of pyridine rings is 2. The largest absolute Gasteiger partial charge is 0.457 e. The third-order valence-electron chi connectivity index (χ3n) is 15.6. The van der Waals surface area contributed by atoms with Crippen LogP contribution < -0.4 is 4.74 Å². The molecule has 2 aliphatic rings. The van der Waals surface area contributed by atoms with Crippen LogP contribution in [0.2, 0.25) is 0 Å². The molecule has 9 aromatic carbocycles. The zero-order valence-electron chi connectivity index (χ0n) is 39.0. The average Bonchev–Trinajstić information content (AvgIpc) is 4.17. The summed E-state index contributed by atoms with van der Waals surface area (Å²) in [4.78, 5) is 10.1. The topological polar surface area (TPSA) is 73.6 Å². The zero-order chi connectivity index (χ0) is 47.9. The lowest BCUT2D eigenvalue weighted by atomic mass is 9.66. The SMILES string of the molecule is N#Cc1ccc2c(c1)c1cc(-c3ccc4c(c3)C3(c5cc(-n6c7ccccc7c7ccccc76)ccc5O4)c4cccnc4-c4ncccc43)ccc1n2-c1cccc(-n2c3ccccc3c3ccccc32)c1. The van der Waals surface area contributed by atoms with E-state index in [1.807, 2.05) is 36.7 Å². The maximum atomic E-state index is 10.2. The highest BCUT2D eigenvalue weighted by Gasteiger charge is 2.52. The lowest BCUT2D eigenvalue weighted by molar-refractivity contribution is 0.436. The molecule has 73 heavy (non-hydrogen) atoms. The number of aromatic nitrogens is 5. The van der Waals surface area contributed by atoms with E-state index in [1.165, 1.54) is 21.5 Å². The van der Waals surface area contributed by atoms with Crippen LogP contribution in [-0.2, 0) is 5.41 Å². The molecule has 338 valence electrons. The van der Waals surface area contributed by atoms with Crippen LogP contribution in [0.1, 0.15) is 27.8 Å². The molecule has 14 aromatic rings. The molecule has 16 rings (SSSR count). The van der Waals surface area contributed by atoms with Gasteiger partial charge in [-0.25, -0.2) is 0 Å². The van der Waals surface area contributed by atoms with Gasteiger partial charge in [0.15, 0.2) is 0 Å². The van der Waals surface area contributed by atoms with Crippen molar-refractivity contribution in [1.29, 1.82) is 5.26 Å². The van der Waals surface area contributed by atoms with Gasteiger partial charge in [0.25, 0.3) is 0 Å². The van der Waals surface area contributed by atoms with E-state index in [-0.39, 0.29) is 0 Å². The number of para-hydroxylation sites is 4. The van der Waals surface area contributed by atoms with Crippen LogP contribution in [0, 0.1) is 11.3 Å². The van der Waals surface area contributed by atoms with Crippen molar-refractivity contribution in [2.45, 2.75) is 5.41 Å². The van der Waals surface area contributed by atoms with E-state index < -0.39 is 5.41 Å². The minimum atomic E-state index is -0.815. The van der Waals surface area contributed by atoms with Crippen molar-refractivity contribution < 1.29 is 4.74 Å². The second kappa shape index (κ2) is 14.8. The molecule has 0 unspecified atom stereocenters. The zero-order valence-corrected chi connectivity index (χ0v) is 39.0. The van der Waals surface area contributed by atoms with Crippen LogP contribution in [0.5, 0.6) is 11.5 Å². The molecule has 0 fully saturated rings. The molecule has 0 amide bonds. The normalized spacial score (nSPS) is 13.1. The Kier molecular flexibility index (Phi) is 8.04. The summed E-state index contributed by atoms with van der Waals surface area (Å²) in [5, 5.41) is 17.2. The Morgan fingerprint density at radius 1 is 0.356 bits per heavy atom. The molecule has 7 nitrogen and oxygen atoms in total. The first-order valence-corrected chi connectivity index (χ1v) is 24.6. The Labute approximate surface area is 418 Å². The van der Waals surface area contributed by atoms with Crippen molar-refractivity contribution in [3.8, 4) is 57.1 Å². The van der Waals surface area contributed by atoms with E-state index in [0.29, 0.717) is 5.56 Å². The molecule has 0 radical (unpaired) electrons. The average molecular weight is 931 g/mol. The van der Waals surface area contributed by atoms with Crippen LogP contribution >= 0.6 is 0 Å². The quantitative estimate of drug-likeness (QED) is 0.176. The third-order valence-corrected chi connectivity index (χ3v) is 15.6. The number of hydrogen-bond donors (Lipinski definition) is 0. The summed E-state index contributed by atoms with van der Waals surface area (Å²) in [6, 6.07) is 80.3. The fourth-order valence-electron chi connectivity index (χ4n) is 12.6. The highest BCUT2D eigenvalue weighted by Crippen LogP contribution is 2.62. The maximum absolute atomic E-state index is 10.2. The van der Waals surface area contributed by atoms with E-state index >= 15 is 0 Å². The summed E-state index contributed by atoms with van der Waals surface area (Å²) in [6.07, 6.45) is 3.74. The number of fused-ring (bicyclic) bond motifs is 18. The molecule has 0 N–H and O–H groups in total. The first-order chi connectivity index (χ1) is 36.2. The molecule has 0 saturated heterocycles. The minimum absolute atomic E-state index is 0.614. The second-order valence-electron chi connectivity index (χ2n) is 19.2. The Bertz CT molecular complexity index is 4600. The van der Waals surface area contributed by atoms with Gasteiger partial charge in [-0.2, -0.15) is 5.26 Å². The van der Waals surface area contributed by atoms with Gasteiger partial charge in [0.2, 0.25) is 0 Å². The fraction of sp³-hybridized carbons (Fsp3) is 0.0152. The number of nitrogens with zero attached hydrogens (tertiary/aromatic N) is 6. The van der Waals surface area contributed by atoms with Crippen molar-refractivity contribution in [3.05, 3.63) is 259 Å². The van der Waals surface area contributed by atoms with Gasteiger partial charge in [0, 0.05) is 72.9 Å². The standard InChI is InChI=1S/C66H38N6O/c67-39-40-24-28-60-50(34-40)51-35-41(25-29-61(51)71(60)44-13-9-12-43(37-44)70-56-20-5-1-14-46(56)47-15-2-6-21-57(47)70)42-26-30-62-54(36-42)66(52-18-10-32-68-64(52)65-53(66)19-11-33-69-65)55-38-45(27-31-63(55)73-62)72-58-22-7-3-16-48(58)49-17-4-8-23-59(49)72/h1-38H. The number of rotatable bonds is 4. The molecule has 6 heterocycles. The van der Waals surface area contributed by atoms with E-state index in [1.54, 1.807) is 0 Å². The van der Waals surface area contributed by atoms with Gasteiger partial charge >= 0.3 is 0 Å². The van der Waals surface area contributed by atoms with Gasteiger partial charge in [-0.1, -0.05) is 103 Å². The summed E-state index contributed by atoms with van der Waals surface area (Å²) < 4.78 is 14.1. The van der Waals surface area contributed by atoms with Crippen molar-refractivity contribution in [2.24, 2.45) is 0 Å². The van der Waals surface area contributed by atoms with Crippen LogP contribution in [-0.4, -0.2) is 23.7 Å². The van der Waals surface area contributed by atoms with E-state index in [4.69, 9.17) is 14.7 Å². The Morgan fingerprint density at radius 3 is 1.37 bits per heavy atom. The molecular formula is C66H38N6O. The molecule has 5 aromatic heterocycles. The second-order valence-corrected chi connectivity index (χ2v) is 19.2. The third kappa shape index (κ3) is 5.36. The van der Waals surface area contributed by atoms with Gasteiger partial charge < -0.3 is 18.4 Å². The lowest BCUT2D eigenvalue weighted by Crippen LogP contribution is -2.32. The number of ether oxygens (including phenoxy) is 1. The minimum Gasteiger partial charge on any atom is -0.457 e. The Hall–Kier alpha value is -10.0. The fourth-order valence-corrected chi connectivity index (χ4v) is 12.6. The maximum Gasteiger partial charge on any atom is 0.132 e. The van der Waals surface area contributed by atoms with Gasteiger partial charge in [-0.05, 0) is 138 Å². The van der Waals surface area contributed by atoms with Gasteiger partial charge in [0.05, 0.1) is 61.5 Å². The molecule has 0 bridgehead atoms. The number of nitriles is 1. The van der Waals surface area contributed by atoms with Gasteiger partial charge in [0.1, 0.15) is 11.5 Å². The van der Waals surface area contributed by atoms with E-state index in [0.717, 1.165) is 117 Å². The van der Waals surface area contributed by atoms with Gasteiger partial charge in [-0.3, -0.25) is 9.97 Å². The summed E-state index contributed by atoms with van der Waals surface area (Å²) in [6.45, 7) is 0. The first kappa shape index (κ1) is 39.8. The van der Waals surface area contributed by atoms with Crippen molar-refractivity contribution in [1.82, 2.24) is 23.7 Å². The lowest BCUT2D eigenvalue weighted by Gasteiger charge is -2.39. The van der Waals surface area contributed by atoms with Crippen LogP contribution in [0.3, 0.4) is 0 Å². The summed E-state index contributed by atoms with van der Waals surface area (Å²) in [7, 11) is 0. The predicted molar refractivity (Wildman–Crippen MR) is 293 cm³/mol. The van der Waals surface area contributed by atoms with Crippen LogP contribution in [0.4, 0.5) is 0 Å². The molecule has 1 spiro atoms. The number of hydrogen-bond acceptors (Lipinski definition) is 4. The first-order valence-electron chi connectivity index (χ1n) is 24.6. The molecule has 0 atom stereocenters. The van der Waals surface area contributed by atoms with Crippen molar-refractivity contribution in [2.75, 3.05) is 0 Å². The molecular weight excluding hydrogens is 893 g/mol. The monoisotopic (exact) mass is 930 g/mol. The number of benzene rings is 9. The molecule has 0 saturated carbocycles. The Morgan fingerprint density at radius 2 is 0.808 bits per heavy atom. The van der Waals surface area contributed by atoms with E-state index in [9.17, 15) is 5.26 Å². The van der Waals surface area contributed by atoms with E-state index in [2.05, 4.69) is 214 Å². The summed E-state index contributed by atoms with van der Waals surface area (Å²) in [5.74, 6) is 1.58. The highest BCUT2D eigenvalue weighted by atomic mass is 16.5. The van der Waals surface area contributed by atoms with Crippen LogP contribution in [0.25, 0.3) is 105 Å². The molecule has 1 aliphatic carbocycles.